The molecule has 0 radical (unpaired) electrons. The minimum absolute atomic E-state index is 0.0579. The van der Waals surface area contributed by atoms with Gasteiger partial charge in [0.05, 0.1) is 48.1 Å². The number of benzene rings is 3. The second kappa shape index (κ2) is 11.9. The van der Waals surface area contributed by atoms with Crippen LogP contribution in [0.5, 0.6) is 11.5 Å². The number of nitrogens with one attached hydrogen (secondary N) is 1. The molecule has 3 aliphatic rings. The van der Waals surface area contributed by atoms with E-state index in [0.717, 1.165) is 11.1 Å². The topological polar surface area (TPSA) is 123 Å². The number of allylic oxidation sites excluding steroid dienone is 1. The average molecular weight is 656 g/mol. The third-order valence-electron chi connectivity index (χ3n) is 7.94. The molecule has 3 unspecified atom stereocenters. The van der Waals surface area contributed by atoms with Gasteiger partial charge in [-0.1, -0.05) is 54.6 Å². The quantitative estimate of drug-likeness (QED) is 0.257. The lowest BCUT2D eigenvalue weighted by molar-refractivity contribution is -0.419. The SMILES string of the molecule is COc1ccc(C2CC(C3=C(c4ccccc4)C4C=C([N+](=O)[O-])C=CC4NC3=O)=NN2C(=O)c2ccccc2Br)cc1OC. The van der Waals surface area contributed by atoms with Crippen LogP contribution in [0.1, 0.15) is 33.9 Å². The van der Waals surface area contributed by atoms with E-state index in [0.29, 0.717) is 38.4 Å². The van der Waals surface area contributed by atoms with Crippen LogP contribution in [-0.2, 0) is 4.79 Å². The Morgan fingerprint density at radius 3 is 2.48 bits per heavy atom. The summed E-state index contributed by atoms with van der Waals surface area (Å²) in [6.45, 7) is 0. The monoisotopic (exact) mass is 654 g/mol. The molecule has 3 aromatic carbocycles. The Morgan fingerprint density at radius 2 is 1.77 bits per heavy atom. The van der Waals surface area contributed by atoms with Crippen molar-refractivity contribution in [2.24, 2.45) is 11.0 Å². The van der Waals surface area contributed by atoms with E-state index in [1.165, 1.54) is 18.2 Å². The van der Waals surface area contributed by atoms with Crippen LogP contribution in [0.25, 0.3) is 5.57 Å². The summed E-state index contributed by atoms with van der Waals surface area (Å²) in [6, 6.07) is 20.7. The number of fused-ring (bicyclic) bond motifs is 1. The van der Waals surface area contributed by atoms with Crippen LogP contribution in [-0.4, -0.2) is 47.7 Å². The van der Waals surface area contributed by atoms with Crippen molar-refractivity contribution in [1.29, 1.82) is 0 Å². The number of rotatable bonds is 7. The van der Waals surface area contributed by atoms with Crippen molar-refractivity contribution in [3.05, 3.63) is 134 Å². The number of hydrazone groups is 1. The van der Waals surface area contributed by atoms with Gasteiger partial charge in [0, 0.05) is 29.0 Å². The molecule has 0 bridgehead atoms. The Hall–Kier alpha value is -5.03. The van der Waals surface area contributed by atoms with Crippen LogP contribution in [0, 0.1) is 16.0 Å². The first kappa shape index (κ1) is 29.1. The highest BCUT2D eigenvalue weighted by atomic mass is 79.9. The summed E-state index contributed by atoms with van der Waals surface area (Å²) in [5.41, 5.74) is 3.12. The van der Waals surface area contributed by atoms with Gasteiger partial charge in [0.2, 0.25) is 0 Å². The molecule has 222 valence electrons. The fraction of sp³-hybridized carbons (Fsp3) is 0.182. The second-order valence-electron chi connectivity index (χ2n) is 10.4. The second-order valence-corrected chi connectivity index (χ2v) is 11.3. The fourth-order valence-corrected chi connectivity index (χ4v) is 6.32. The molecular weight excluding hydrogens is 628 g/mol. The molecule has 0 saturated heterocycles. The van der Waals surface area contributed by atoms with E-state index in [9.17, 15) is 19.7 Å². The van der Waals surface area contributed by atoms with Crippen molar-refractivity contribution >= 4 is 39.0 Å². The number of hydrogen-bond acceptors (Lipinski definition) is 7. The molecule has 0 spiro atoms. The Kier molecular flexibility index (Phi) is 7.88. The number of methoxy groups -OCH3 is 2. The third kappa shape index (κ3) is 5.19. The molecule has 11 heteroatoms. The maximum absolute atomic E-state index is 14.1. The first-order chi connectivity index (χ1) is 21.3. The van der Waals surface area contributed by atoms with Gasteiger partial charge < -0.3 is 14.8 Å². The highest BCUT2D eigenvalue weighted by Gasteiger charge is 2.43. The molecular formula is C33H27BrN4O6. The van der Waals surface area contributed by atoms with Crippen molar-refractivity contribution in [2.45, 2.75) is 18.5 Å². The smallest absolute Gasteiger partial charge is 0.275 e. The predicted octanol–water partition coefficient (Wildman–Crippen LogP) is 5.71. The Balaban J connectivity index is 1.53. The van der Waals surface area contributed by atoms with E-state index in [2.05, 4.69) is 21.2 Å². The maximum atomic E-state index is 14.1. The van der Waals surface area contributed by atoms with Gasteiger partial charge in [-0.25, -0.2) is 5.01 Å². The lowest BCUT2D eigenvalue weighted by Gasteiger charge is -2.34. The minimum Gasteiger partial charge on any atom is -0.493 e. The number of carbonyl (C=O) groups excluding carboxylic acids is 2. The highest BCUT2D eigenvalue weighted by Crippen LogP contribution is 2.43. The summed E-state index contributed by atoms with van der Waals surface area (Å²) < 4.78 is 11.6. The van der Waals surface area contributed by atoms with Gasteiger partial charge in [-0.3, -0.25) is 19.7 Å². The van der Waals surface area contributed by atoms with Crippen molar-refractivity contribution in [2.75, 3.05) is 14.2 Å². The highest BCUT2D eigenvalue weighted by molar-refractivity contribution is 9.10. The number of hydrogen-bond donors (Lipinski definition) is 1. The van der Waals surface area contributed by atoms with Crippen LogP contribution >= 0.6 is 15.9 Å². The minimum atomic E-state index is -0.587. The lowest BCUT2D eigenvalue weighted by atomic mass is 9.76. The normalized spacial score (nSPS) is 20.8. The number of amides is 2. The average Bonchev–Trinajstić information content (AvgIpc) is 3.48. The van der Waals surface area contributed by atoms with E-state index < -0.39 is 22.9 Å². The van der Waals surface area contributed by atoms with Crippen molar-refractivity contribution in [3.63, 3.8) is 0 Å². The zero-order valence-electron chi connectivity index (χ0n) is 23.8. The van der Waals surface area contributed by atoms with Crippen LogP contribution in [0.2, 0.25) is 0 Å². The number of ether oxygens (including phenoxy) is 2. The number of halogens is 1. The van der Waals surface area contributed by atoms with E-state index in [1.54, 1.807) is 49.6 Å². The van der Waals surface area contributed by atoms with Crippen molar-refractivity contribution < 1.29 is 24.0 Å². The zero-order chi connectivity index (χ0) is 31.0. The molecule has 6 rings (SSSR count). The van der Waals surface area contributed by atoms with Crippen LogP contribution in [0.15, 0.2) is 112 Å². The first-order valence-electron chi connectivity index (χ1n) is 13.8. The van der Waals surface area contributed by atoms with Gasteiger partial charge in [-0.05, 0) is 56.9 Å². The molecule has 2 amide bonds. The van der Waals surface area contributed by atoms with E-state index >= 15 is 0 Å². The molecule has 2 heterocycles. The van der Waals surface area contributed by atoms with Gasteiger partial charge in [0.25, 0.3) is 17.5 Å². The molecule has 0 fully saturated rings. The van der Waals surface area contributed by atoms with Crippen molar-refractivity contribution in [3.8, 4) is 11.5 Å². The summed E-state index contributed by atoms with van der Waals surface area (Å²) in [4.78, 5) is 39.2. The lowest BCUT2D eigenvalue weighted by Crippen LogP contribution is -2.47. The third-order valence-corrected chi connectivity index (χ3v) is 8.63. The fourth-order valence-electron chi connectivity index (χ4n) is 5.87. The summed E-state index contributed by atoms with van der Waals surface area (Å²) in [5.74, 6) is -0.233. The number of carbonyl (C=O) groups is 2. The van der Waals surface area contributed by atoms with Gasteiger partial charge in [0.15, 0.2) is 11.5 Å². The van der Waals surface area contributed by atoms with Gasteiger partial charge >= 0.3 is 0 Å². The first-order valence-corrected chi connectivity index (χ1v) is 14.6. The van der Waals surface area contributed by atoms with E-state index in [4.69, 9.17) is 14.6 Å². The summed E-state index contributed by atoms with van der Waals surface area (Å²) in [6.07, 6.45) is 4.83. The Labute approximate surface area is 261 Å². The molecule has 44 heavy (non-hydrogen) atoms. The Bertz CT molecular complexity index is 1800. The predicted molar refractivity (Wildman–Crippen MR) is 168 cm³/mol. The molecule has 1 aliphatic carbocycles. The van der Waals surface area contributed by atoms with Crippen LogP contribution < -0.4 is 14.8 Å². The molecule has 1 N–H and O–H groups in total. The van der Waals surface area contributed by atoms with Gasteiger partial charge in [-0.15, -0.1) is 0 Å². The van der Waals surface area contributed by atoms with E-state index in [1.807, 2.05) is 42.5 Å². The van der Waals surface area contributed by atoms with Gasteiger partial charge in [-0.2, -0.15) is 5.10 Å². The largest absolute Gasteiger partial charge is 0.493 e. The zero-order valence-corrected chi connectivity index (χ0v) is 25.4. The number of nitrogens with zero attached hydrogens (tertiary/aromatic N) is 3. The molecule has 0 aromatic heterocycles. The van der Waals surface area contributed by atoms with Crippen LogP contribution in [0.4, 0.5) is 0 Å². The molecule has 2 aliphatic heterocycles. The van der Waals surface area contributed by atoms with Gasteiger partial charge in [0.1, 0.15) is 0 Å². The summed E-state index contributed by atoms with van der Waals surface area (Å²) >= 11 is 3.48. The van der Waals surface area contributed by atoms with Crippen LogP contribution in [0.3, 0.4) is 0 Å². The Morgan fingerprint density at radius 1 is 1.05 bits per heavy atom. The van der Waals surface area contributed by atoms with Crippen molar-refractivity contribution in [1.82, 2.24) is 10.3 Å². The molecule has 3 aromatic rings. The molecule has 3 atom stereocenters. The maximum Gasteiger partial charge on any atom is 0.275 e. The molecule has 10 nitrogen and oxygen atoms in total. The summed E-state index contributed by atoms with van der Waals surface area (Å²) in [7, 11) is 3.08. The van der Waals surface area contributed by atoms with E-state index in [-0.39, 0.29) is 23.9 Å². The standard InChI is InChI=1S/C33H27BrN4O6/c1-43-28-15-12-20(16-29(28)44-2)27-18-26(36-37(27)33(40)22-10-6-7-11-24(22)34)31-30(19-8-4-3-5-9-19)23-17-21(38(41)42)13-14-25(23)35-32(31)39/h3-17,23,25,27H,18H2,1-2H3,(H,35,39). The summed E-state index contributed by atoms with van der Waals surface area (Å²) in [5, 5.41) is 21.0. The number of nitro groups is 1. The molecule has 0 saturated carbocycles.